The quantitative estimate of drug-likeness (QED) is 0.680. The van der Waals surface area contributed by atoms with E-state index in [-0.39, 0.29) is 11.9 Å². The summed E-state index contributed by atoms with van der Waals surface area (Å²) in [5.74, 6) is 1.10. The van der Waals surface area contributed by atoms with Gasteiger partial charge >= 0.3 is 0 Å². The summed E-state index contributed by atoms with van der Waals surface area (Å²) in [5.41, 5.74) is 3.62. The Morgan fingerprint density at radius 3 is 2.68 bits per heavy atom. The van der Waals surface area contributed by atoms with Crippen molar-refractivity contribution < 1.29 is 9.13 Å². The molecule has 142 valence electrons. The molecule has 3 aromatic rings. The number of fused-ring (bicyclic) bond motifs is 1. The Morgan fingerprint density at radius 1 is 1.14 bits per heavy atom. The predicted molar refractivity (Wildman–Crippen MR) is 110 cm³/mol. The second-order valence-electron chi connectivity index (χ2n) is 6.61. The number of hydrogen-bond acceptors (Lipinski definition) is 5. The number of aromatic nitrogens is 2. The van der Waals surface area contributed by atoms with Crippen molar-refractivity contribution >= 4 is 16.7 Å². The summed E-state index contributed by atoms with van der Waals surface area (Å²) in [6.45, 7) is 2.08. The minimum atomic E-state index is -0.265. The summed E-state index contributed by atoms with van der Waals surface area (Å²) in [6, 6.07) is 10.3. The number of allylic oxidation sites excluding steroid dienone is 2. The van der Waals surface area contributed by atoms with E-state index in [0.717, 1.165) is 40.0 Å². The first kappa shape index (κ1) is 18.0. The van der Waals surface area contributed by atoms with Gasteiger partial charge in [-0.1, -0.05) is 24.3 Å². The zero-order valence-corrected chi connectivity index (χ0v) is 15.7. The third kappa shape index (κ3) is 3.53. The maximum Gasteiger partial charge on any atom is 0.145 e. The molecule has 1 aromatic heterocycles. The van der Waals surface area contributed by atoms with Gasteiger partial charge in [0.1, 0.15) is 29.2 Å². The predicted octanol–water partition coefficient (Wildman–Crippen LogP) is 4.64. The smallest absolute Gasteiger partial charge is 0.145 e. The SMILES string of the molecule is COc1cc(-c2ccc(F)cc2)cc2c(NC(C)C3=CCC=CN3)ncnc12. The van der Waals surface area contributed by atoms with Crippen molar-refractivity contribution in [3.8, 4) is 16.9 Å². The van der Waals surface area contributed by atoms with Gasteiger partial charge in [-0.25, -0.2) is 14.4 Å². The molecule has 1 aliphatic rings. The van der Waals surface area contributed by atoms with E-state index in [2.05, 4.69) is 39.7 Å². The number of nitrogens with zero attached hydrogens (tertiary/aromatic N) is 2. The Hall–Kier alpha value is -3.41. The van der Waals surface area contributed by atoms with Crippen molar-refractivity contribution in [1.29, 1.82) is 0 Å². The van der Waals surface area contributed by atoms with E-state index in [1.807, 2.05) is 18.3 Å². The molecule has 0 radical (unpaired) electrons. The van der Waals surface area contributed by atoms with Gasteiger partial charge in [0, 0.05) is 11.1 Å². The molecule has 1 atom stereocenters. The average molecular weight is 376 g/mol. The van der Waals surface area contributed by atoms with Crippen molar-refractivity contribution in [1.82, 2.24) is 15.3 Å². The largest absolute Gasteiger partial charge is 0.494 e. The zero-order valence-electron chi connectivity index (χ0n) is 15.7. The highest BCUT2D eigenvalue weighted by molar-refractivity contribution is 5.96. The number of hydrogen-bond donors (Lipinski definition) is 2. The van der Waals surface area contributed by atoms with Crippen LogP contribution >= 0.6 is 0 Å². The lowest BCUT2D eigenvalue weighted by molar-refractivity contribution is 0.419. The number of nitrogens with one attached hydrogen (secondary N) is 2. The lowest BCUT2D eigenvalue weighted by Gasteiger charge is -2.21. The first-order valence-electron chi connectivity index (χ1n) is 9.12. The fraction of sp³-hybridized carbons (Fsp3) is 0.182. The molecule has 0 bridgehead atoms. The van der Waals surface area contributed by atoms with Crippen LogP contribution in [0.5, 0.6) is 5.75 Å². The van der Waals surface area contributed by atoms with Gasteiger partial charge in [-0.15, -0.1) is 0 Å². The standard InChI is InChI=1S/C22H21FN4O/c1-14(19-5-3-4-10-24-19)27-22-18-11-16(15-6-8-17(23)9-7-15)12-20(28-2)21(18)25-13-26-22/h4-14,24H,3H2,1-2H3,(H,25,26,27). The van der Waals surface area contributed by atoms with Crippen LogP contribution in [0.15, 0.2) is 66.8 Å². The molecule has 2 heterocycles. The Kier molecular flexibility index (Phi) is 4.93. The summed E-state index contributed by atoms with van der Waals surface area (Å²) in [4.78, 5) is 8.86. The van der Waals surface area contributed by atoms with E-state index in [9.17, 15) is 4.39 Å². The Labute approximate surface area is 163 Å². The minimum absolute atomic E-state index is 0.0449. The molecule has 0 amide bonds. The molecule has 28 heavy (non-hydrogen) atoms. The van der Waals surface area contributed by atoms with E-state index in [4.69, 9.17) is 4.74 Å². The van der Waals surface area contributed by atoms with Crippen LogP contribution in [0.4, 0.5) is 10.2 Å². The first-order chi connectivity index (χ1) is 13.7. The summed E-state index contributed by atoms with van der Waals surface area (Å²) < 4.78 is 18.9. The number of ether oxygens (including phenoxy) is 1. The first-order valence-corrected chi connectivity index (χ1v) is 9.12. The van der Waals surface area contributed by atoms with Crippen LogP contribution in [0.1, 0.15) is 13.3 Å². The molecule has 2 N–H and O–H groups in total. The normalized spacial score (nSPS) is 14.3. The Balaban J connectivity index is 1.77. The number of anilines is 1. The van der Waals surface area contributed by atoms with Gasteiger partial charge in [-0.2, -0.15) is 0 Å². The van der Waals surface area contributed by atoms with Gasteiger partial charge < -0.3 is 15.4 Å². The molecule has 1 aliphatic heterocycles. The van der Waals surface area contributed by atoms with E-state index < -0.39 is 0 Å². The maximum absolute atomic E-state index is 13.3. The highest BCUT2D eigenvalue weighted by Gasteiger charge is 2.15. The summed E-state index contributed by atoms with van der Waals surface area (Å²) in [6.07, 6.45) is 8.59. The van der Waals surface area contributed by atoms with Gasteiger partial charge in [0.15, 0.2) is 0 Å². The summed E-state index contributed by atoms with van der Waals surface area (Å²) in [5, 5.41) is 7.58. The van der Waals surface area contributed by atoms with Crippen molar-refractivity contribution in [3.63, 3.8) is 0 Å². The number of dihydropyridines is 1. The fourth-order valence-corrected chi connectivity index (χ4v) is 3.28. The van der Waals surface area contributed by atoms with Crippen molar-refractivity contribution in [3.05, 3.63) is 72.6 Å². The van der Waals surface area contributed by atoms with E-state index in [1.54, 1.807) is 19.2 Å². The molecule has 0 saturated heterocycles. The number of halogens is 1. The number of benzene rings is 2. The Morgan fingerprint density at radius 2 is 1.96 bits per heavy atom. The van der Waals surface area contributed by atoms with Gasteiger partial charge in [0.05, 0.1) is 13.2 Å². The molecule has 6 heteroatoms. The van der Waals surface area contributed by atoms with Crippen LogP contribution in [0, 0.1) is 5.82 Å². The molecule has 1 unspecified atom stereocenters. The van der Waals surface area contributed by atoms with Crippen LogP contribution < -0.4 is 15.4 Å². The van der Waals surface area contributed by atoms with Gasteiger partial charge in [-0.3, -0.25) is 0 Å². The molecular formula is C22H21FN4O. The lowest BCUT2D eigenvalue weighted by Crippen LogP contribution is -2.27. The second-order valence-corrected chi connectivity index (χ2v) is 6.61. The summed E-state index contributed by atoms with van der Waals surface area (Å²) in [7, 11) is 1.62. The molecule has 0 spiro atoms. The van der Waals surface area contributed by atoms with Gasteiger partial charge in [0.25, 0.3) is 0 Å². The monoisotopic (exact) mass is 376 g/mol. The van der Waals surface area contributed by atoms with Crippen LogP contribution in [0.25, 0.3) is 22.0 Å². The minimum Gasteiger partial charge on any atom is -0.494 e. The van der Waals surface area contributed by atoms with Crippen molar-refractivity contribution in [2.75, 3.05) is 12.4 Å². The van der Waals surface area contributed by atoms with Gasteiger partial charge in [-0.05, 0) is 54.9 Å². The van der Waals surface area contributed by atoms with Crippen molar-refractivity contribution in [2.45, 2.75) is 19.4 Å². The third-order valence-electron chi connectivity index (χ3n) is 4.76. The zero-order chi connectivity index (χ0) is 19.5. The highest BCUT2D eigenvalue weighted by atomic mass is 19.1. The third-order valence-corrected chi connectivity index (χ3v) is 4.76. The van der Waals surface area contributed by atoms with Crippen LogP contribution in [0.3, 0.4) is 0 Å². The molecule has 0 saturated carbocycles. The van der Waals surface area contributed by atoms with Crippen LogP contribution in [-0.4, -0.2) is 23.1 Å². The van der Waals surface area contributed by atoms with E-state index in [0.29, 0.717) is 5.75 Å². The Bertz CT molecular complexity index is 1060. The molecule has 0 fully saturated rings. The molecule has 0 aliphatic carbocycles. The topological polar surface area (TPSA) is 59.1 Å². The van der Waals surface area contributed by atoms with Gasteiger partial charge in [0.2, 0.25) is 0 Å². The lowest BCUT2D eigenvalue weighted by atomic mass is 10.0. The molecular weight excluding hydrogens is 355 g/mol. The second kappa shape index (κ2) is 7.68. The fourth-order valence-electron chi connectivity index (χ4n) is 3.28. The van der Waals surface area contributed by atoms with Crippen LogP contribution in [0.2, 0.25) is 0 Å². The van der Waals surface area contributed by atoms with E-state index in [1.165, 1.54) is 18.5 Å². The maximum atomic E-state index is 13.3. The molecule has 2 aromatic carbocycles. The van der Waals surface area contributed by atoms with Crippen molar-refractivity contribution in [2.24, 2.45) is 0 Å². The average Bonchev–Trinajstić information content (AvgIpc) is 2.74. The van der Waals surface area contributed by atoms with Crippen LogP contribution in [-0.2, 0) is 0 Å². The molecule has 4 rings (SSSR count). The van der Waals surface area contributed by atoms with E-state index >= 15 is 0 Å². The molecule has 5 nitrogen and oxygen atoms in total. The highest BCUT2D eigenvalue weighted by Crippen LogP contribution is 2.34. The summed E-state index contributed by atoms with van der Waals surface area (Å²) >= 11 is 0. The number of rotatable bonds is 5. The number of methoxy groups -OCH3 is 1.